The van der Waals surface area contributed by atoms with Crippen molar-refractivity contribution in [2.24, 2.45) is 0 Å². The van der Waals surface area contributed by atoms with E-state index in [-0.39, 0.29) is 6.10 Å². The SMILES string of the molecule is CCNC(C1=CCCCCCC1)C(C)OC. The zero-order valence-electron chi connectivity index (χ0n) is 11.1. The van der Waals surface area contributed by atoms with Crippen LogP contribution in [-0.2, 0) is 4.74 Å². The van der Waals surface area contributed by atoms with Crippen molar-refractivity contribution in [3.05, 3.63) is 11.6 Å². The lowest BCUT2D eigenvalue weighted by Crippen LogP contribution is -2.41. The van der Waals surface area contributed by atoms with Gasteiger partial charge >= 0.3 is 0 Å². The molecule has 1 rings (SSSR count). The molecule has 0 aromatic heterocycles. The van der Waals surface area contributed by atoms with Crippen molar-refractivity contribution < 1.29 is 4.74 Å². The Bertz CT molecular complexity index is 213. The van der Waals surface area contributed by atoms with Gasteiger partial charge in [0.25, 0.3) is 0 Å². The number of likely N-dealkylation sites (N-methyl/N-ethyl adjacent to an activating group) is 1. The van der Waals surface area contributed by atoms with Crippen LogP contribution >= 0.6 is 0 Å². The molecule has 1 N–H and O–H groups in total. The minimum atomic E-state index is 0.269. The van der Waals surface area contributed by atoms with Crippen LogP contribution in [0, 0.1) is 0 Å². The van der Waals surface area contributed by atoms with Gasteiger partial charge in [-0.3, -0.25) is 0 Å². The number of methoxy groups -OCH3 is 1. The number of hydrogen-bond donors (Lipinski definition) is 1. The van der Waals surface area contributed by atoms with Gasteiger partial charge in [0, 0.05) is 7.11 Å². The predicted octanol–water partition coefficient (Wildman–Crippen LogP) is 3.28. The molecule has 1 aliphatic carbocycles. The summed E-state index contributed by atoms with van der Waals surface area (Å²) in [6.07, 6.45) is 10.7. The van der Waals surface area contributed by atoms with E-state index in [4.69, 9.17) is 4.74 Å². The number of nitrogens with one attached hydrogen (secondary N) is 1. The quantitative estimate of drug-likeness (QED) is 0.725. The number of rotatable bonds is 5. The molecule has 0 fully saturated rings. The van der Waals surface area contributed by atoms with E-state index in [0.717, 1.165) is 6.54 Å². The third-order valence-electron chi connectivity index (χ3n) is 3.49. The summed E-state index contributed by atoms with van der Waals surface area (Å²) in [5.74, 6) is 0. The van der Waals surface area contributed by atoms with E-state index < -0.39 is 0 Å². The molecule has 0 saturated heterocycles. The Balaban J connectivity index is 2.65. The van der Waals surface area contributed by atoms with Crippen molar-refractivity contribution >= 4 is 0 Å². The van der Waals surface area contributed by atoms with Crippen LogP contribution < -0.4 is 5.32 Å². The normalized spacial score (nSPS) is 21.8. The van der Waals surface area contributed by atoms with E-state index in [1.54, 1.807) is 12.7 Å². The van der Waals surface area contributed by atoms with Gasteiger partial charge in [-0.2, -0.15) is 0 Å². The first-order valence-electron chi connectivity index (χ1n) is 6.74. The van der Waals surface area contributed by atoms with Crippen LogP contribution in [0.2, 0.25) is 0 Å². The number of hydrogen-bond acceptors (Lipinski definition) is 2. The molecule has 0 aromatic carbocycles. The first-order chi connectivity index (χ1) is 7.79. The van der Waals surface area contributed by atoms with Gasteiger partial charge in [0.2, 0.25) is 0 Å². The van der Waals surface area contributed by atoms with E-state index in [9.17, 15) is 0 Å². The standard InChI is InChI=1S/C14H27NO/c1-4-15-14(12(2)16-3)13-10-8-6-5-7-9-11-13/h10,12,14-15H,4-9,11H2,1-3H3. The number of ether oxygens (including phenoxy) is 1. The molecule has 0 amide bonds. The first-order valence-corrected chi connectivity index (χ1v) is 6.74. The molecule has 0 aliphatic heterocycles. The van der Waals surface area contributed by atoms with Crippen molar-refractivity contribution in [3.8, 4) is 0 Å². The summed E-state index contributed by atoms with van der Waals surface area (Å²) in [6.45, 7) is 5.33. The van der Waals surface area contributed by atoms with Gasteiger partial charge in [0.15, 0.2) is 0 Å². The summed E-state index contributed by atoms with van der Waals surface area (Å²) >= 11 is 0. The van der Waals surface area contributed by atoms with E-state index >= 15 is 0 Å². The highest BCUT2D eigenvalue weighted by Crippen LogP contribution is 2.21. The van der Waals surface area contributed by atoms with Crippen LogP contribution in [0.15, 0.2) is 11.6 Å². The monoisotopic (exact) mass is 225 g/mol. The molecule has 2 nitrogen and oxygen atoms in total. The molecule has 94 valence electrons. The van der Waals surface area contributed by atoms with Crippen molar-refractivity contribution in [2.45, 2.75) is 64.5 Å². The lowest BCUT2D eigenvalue weighted by atomic mass is 9.92. The van der Waals surface area contributed by atoms with Crippen LogP contribution in [0.1, 0.15) is 52.4 Å². The minimum absolute atomic E-state index is 0.269. The Kier molecular flexibility index (Phi) is 6.74. The fourth-order valence-electron chi connectivity index (χ4n) is 2.45. The predicted molar refractivity (Wildman–Crippen MR) is 69.7 cm³/mol. The lowest BCUT2D eigenvalue weighted by molar-refractivity contribution is 0.0930. The Morgan fingerprint density at radius 2 is 2.06 bits per heavy atom. The highest BCUT2D eigenvalue weighted by atomic mass is 16.5. The molecule has 2 unspecified atom stereocenters. The molecule has 0 spiro atoms. The topological polar surface area (TPSA) is 21.3 Å². The van der Waals surface area contributed by atoms with Crippen molar-refractivity contribution in [1.29, 1.82) is 0 Å². The molecule has 16 heavy (non-hydrogen) atoms. The summed E-state index contributed by atoms with van der Waals surface area (Å²) in [5.41, 5.74) is 1.57. The zero-order chi connectivity index (χ0) is 11.8. The van der Waals surface area contributed by atoms with Gasteiger partial charge < -0.3 is 10.1 Å². The molecule has 0 bridgehead atoms. The summed E-state index contributed by atoms with van der Waals surface area (Å²) in [5, 5.41) is 3.56. The molecule has 0 aromatic rings. The second kappa shape index (κ2) is 7.86. The molecular formula is C14H27NO. The molecule has 2 atom stereocenters. The van der Waals surface area contributed by atoms with Crippen LogP contribution in [0.5, 0.6) is 0 Å². The van der Waals surface area contributed by atoms with Gasteiger partial charge in [-0.1, -0.05) is 31.4 Å². The molecule has 0 heterocycles. The van der Waals surface area contributed by atoms with Gasteiger partial charge in [0.05, 0.1) is 12.1 Å². The zero-order valence-corrected chi connectivity index (χ0v) is 11.1. The summed E-state index contributed by atoms with van der Waals surface area (Å²) in [6, 6.07) is 0.410. The van der Waals surface area contributed by atoms with Crippen molar-refractivity contribution in [1.82, 2.24) is 5.32 Å². The van der Waals surface area contributed by atoms with Gasteiger partial charge in [-0.05, 0) is 39.2 Å². The molecule has 0 radical (unpaired) electrons. The smallest absolute Gasteiger partial charge is 0.0734 e. The van der Waals surface area contributed by atoms with E-state index in [1.807, 2.05) is 0 Å². The van der Waals surface area contributed by atoms with Crippen LogP contribution in [0.25, 0.3) is 0 Å². The van der Waals surface area contributed by atoms with Gasteiger partial charge in [-0.25, -0.2) is 0 Å². The molecule has 0 saturated carbocycles. The maximum atomic E-state index is 5.49. The second-order valence-electron chi connectivity index (χ2n) is 4.71. The minimum Gasteiger partial charge on any atom is -0.380 e. The summed E-state index contributed by atoms with van der Waals surface area (Å²) < 4.78 is 5.49. The maximum absolute atomic E-state index is 5.49. The largest absolute Gasteiger partial charge is 0.380 e. The highest BCUT2D eigenvalue weighted by molar-refractivity contribution is 5.13. The van der Waals surface area contributed by atoms with E-state index in [2.05, 4.69) is 25.2 Å². The van der Waals surface area contributed by atoms with Crippen LogP contribution in [0.3, 0.4) is 0 Å². The average Bonchev–Trinajstić information content (AvgIpc) is 2.25. The average molecular weight is 225 g/mol. The number of allylic oxidation sites excluding steroid dienone is 1. The van der Waals surface area contributed by atoms with E-state index in [1.165, 1.54) is 38.5 Å². The third-order valence-corrected chi connectivity index (χ3v) is 3.49. The fourth-order valence-corrected chi connectivity index (χ4v) is 2.45. The Hall–Kier alpha value is -0.340. The second-order valence-corrected chi connectivity index (χ2v) is 4.71. The fraction of sp³-hybridized carbons (Fsp3) is 0.857. The van der Waals surface area contributed by atoms with E-state index in [0.29, 0.717) is 6.04 Å². The lowest BCUT2D eigenvalue weighted by Gasteiger charge is -2.27. The molecule has 2 heteroatoms. The van der Waals surface area contributed by atoms with Crippen LogP contribution in [0.4, 0.5) is 0 Å². The highest BCUT2D eigenvalue weighted by Gasteiger charge is 2.20. The Labute approximate surface area is 100 Å². The molecular weight excluding hydrogens is 198 g/mol. The Morgan fingerprint density at radius 1 is 1.31 bits per heavy atom. The van der Waals surface area contributed by atoms with Crippen molar-refractivity contribution in [3.63, 3.8) is 0 Å². The first kappa shape index (κ1) is 13.7. The summed E-state index contributed by atoms with van der Waals surface area (Å²) in [7, 11) is 1.80. The van der Waals surface area contributed by atoms with Gasteiger partial charge in [0.1, 0.15) is 0 Å². The maximum Gasteiger partial charge on any atom is 0.0734 e. The van der Waals surface area contributed by atoms with Gasteiger partial charge in [-0.15, -0.1) is 0 Å². The third kappa shape index (κ3) is 4.26. The Morgan fingerprint density at radius 3 is 2.75 bits per heavy atom. The molecule has 1 aliphatic rings. The summed E-state index contributed by atoms with van der Waals surface area (Å²) in [4.78, 5) is 0. The van der Waals surface area contributed by atoms with Crippen LogP contribution in [-0.4, -0.2) is 25.8 Å². The van der Waals surface area contributed by atoms with Crippen molar-refractivity contribution in [2.75, 3.05) is 13.7 Å².